The standard InChI is InChI=1S/C19H18N2O3/c1-12(13-7-3-2-4-8-13)20-17(22)11-15-18(23)14-9-5-6-10-16(14)21-19(15)24/h2-10,12H,11H2,1H3,(H,20,22)(H2,21,23,24)/t12-/m1/s1. The number of aromatic amines is 1. The van der Waals surface area contributed by atoms with Crippen LogP contribution in [0.25, 0.3) is 10.9 Å². The SMILES string of the molecule is C[C@@H](NC(=O)Cc1c(O)c2ccccc2[nH]c1=O)c1ccccc1. The minimum atomic E-state index is -0.450. The highest BCUT2D eigenvalue weighted by atomic mass is 16.3. The molecule has 3 aromatic rings. The molecule has 0 spiro atoms. The fourth-order valence-corrected chi connectivity index (χ4v) is 2.71. The van der Waals surface area contributed by atoms with E-state index in [-0.39, 0.29) is 29.7 Å². The molecule has 1 aromatic heterocycles. The normalized spacial score (nSPS) is 12.0. The second kappa shape index (κ2) is 6.58. The van der Waals surface area contributed by atoms with E-state index in [9.17, 15) is 14.7 Å². The number of para-hydroxylation sites is 1. The Labute approximate surface area is 139 Å². The summed E-state index contributed by atoms with van der Waals surface area (Å²) in [4.78, 5) is 27.1. The average molecular weight is 322 g/mol. The molecule has 0 saturated heterocycles. The average Bonchev–Trinajstić information content (AvgIpc) is 2.59. The van der Waals surface area contributed by atoms with Crippen LogP contribution in [0.3, 0.4) is 0 Å². The Morgan fingerprint density at radius 2 is 1.79 bits per heavy atom. The number of rotatable bonds is 4. The summed E-state index contributed by atoms with van der Waals surface area (Å²) in [5.41, 5.74) is 1.14. The number of hydrogen-bond donors (Lipinski definition) is 3. The van der Waals surface area contributed by atoms with Crippen molar-refractivity contribution in [3.63, 3.8) is 0 Å². The summed E-state index contributed by atoms with van der Waals surface area (Å²) in [7, 11) is 0. The van der Waals surface area contributed by atoms with E-state index in [1.54, 1.807) is 24.3 Å². The largest absolute Gasteiger partial charge is 0.507 e. The third kappa shape index (κ3) is 3.15. The molecule has 0 unspecified atom stereocenters. The zero-order chi connectivity index (χ0) is 17.1. The first-order valence-electron chi connectivity index (χ1n) is 7.73. The van der Waals surface area contributed by atoms with Gasteiger partial charge in [-0.2, -0.15) is 0 Å². The van der Waals surface area contributed by atoms with Gasteiger partial charge in [0.05, 0.1) is 23.5 Å². The zero-order valence-corrected chi connectivity index (χ0v) is 13.2. The third-order valence-electron chi connectivity index (χ3n) is 4.00. The topological polar surface area (TPSA) is 82.2 Å². The van der Waals surface area contributed by atoms with Gasteiger partial charge in [-0.1, -0.05) is 42.5 Å². The quantitative estimate of drug-likeness (QED) is 0.690. The molecule has 0 saturated carbocycles. The number of hydrogen-bond acceptors (Lipinski definition) is 3. The first-order valence-corrected chi connectivity index (χ1v) is 7.73. The Bertz CT molecular complexity index is 932. The van der Waals surface area contributed by atoms with Gasteiger partial charge in [-0.25, -0.2) is 0 Å². The Morgan fingerprint density at radius 3 is 2.54 bits per heavy atom. The second-order valence-electron chi connectivity index (χ2n) is 5.70. The predicted molar refractivity (Wildman–Crippen MR) is 92.9 cm³/mol. The number of benzene rings is 2. The Balaban J connectivity index is 1.82. The molecule has 0 aliphatic rings. The minimum Gasteiger partial charge on any atom is -0.507 e. The van der Waals surface area contributed by atoms with E-state index < -0.39 is 5.56 Å². The molecule has 0 radical (unpaired) electrons. The van der Waals surface area contributed by atoms with Gasteiger partial charge < -0.3 is 15.4 Å². The maximum Gasteiger partial charge on any atom is 0.255 e. The van der Waals surface area contributed by atoms with E-state index in [1.807, 2.05) is 37.3 Å². The van der Waals surface area contributed by atoms with Crippen LogP contribution < -0.4 is 10.9 Å². The molecule has 3 rings (SSSR count). The van der Waals surface area contributed by atoms with E-state index in [2.05, 4.69) is 10.3 Å². The molecule has 2 aromatic carbocycles. The van der Waals surface area contributed by atoms with E-state index in [1.165, 1.54) is 0 Å². The van der Waals surface area contributed by atoms with Crippen molar-refractivity contribution < 1.29 is 9.90 Å². The lowest BCUT2D eigenvalue weighted by Gasteiger charge is -2.14. The number of carbonyl (C=O) groups is 1. The third-order valence-corrected chi connectivity index (χ3v) is 4.00. The lowest BCUT2D eigenvalue weighted by Crippen LogP contribution is -2.30. The van der Waals surface area contributed by atoms with Crippen molar-refractivity contribution in [2.75, 3.05) is 0 Å². The number of nitrogens with one attached hydrogen (secondary N) is 2. The molecule has 0 fully saturated rings. The highest BCUT2D eigenvalue weighted by Gasteiger charge is 2.16. The van der Waals surface area contributed by atoms with Crippen molar-refractivity contribution in [3.8, 4) is 5.75 Å². The van der Waals surface area contributed by atoms with Crippen molar-refractivity contribution in [3.05, 3.63) is 76.1 Å². The molecule has 5 heteroatoms. The van der Waals surface area contributed by atoms with E-state index in [4.69, 9.17) is 0 Å². The zero-order valence-electron chi connectivity index (χ0n) is 13.2. The molecule has 0 aliphatic heterocycles. The van der Waals surface area contributed by atoms with Crippen LogP contribution in [0.1, 0.15) is 24.1 Å². The molecule has 122 valence electrons. The summed E-state index contributed by atoms with van der Waals surface area (Å²) in [6.07, 6.45) is -0.177. The van der Waals surface area contributed by atoms with Gasteiger partial charge in [-0.15, -0.1) is 0 Å². The molecule has 1 amide bonds. The van der Waals surface area contributed by atoms with Crippen molar-refractivity contribution in [2.24, 2.45) is 0 Å². The number of carbonyl (C=O) groups excluding carboxylic acids is 1. The number of aromatic hydroxyl groups is 1. The maximum absolute atomic E-state index is 12.3. The monoisotopic (exact) mass is 322 g/mol. The molecule has 1 heterocycles. The second-order valence-corrected chi connectivity index (χ2v) is 5.70. The van der Waals surface area contributed by atoms with Crippen LogP contribution >= 0.6 is 0 Å². The van der Waals surface area contributed by atoms with Gasteiger partial charge in [0.25, 0.3) is 5.56 Å². The molecule has 24 heavy (non-hydrogen) atoms. The lowest BCUT2D eigenvalue weighted by molar-refractivity contribution is -0.121. The molecular weight excluding hydrogens is 304 g/mol. The predicted octanol–water partition coefficient (Wildman–Crippen LogP) is 2.65. The number of fused-ring (bicyclic) bond motifs is 1. The first kappa shape index (κ1) is 15.8. The van der Waals surface area contributed by atoms with Crippen molar-refractivity contribution >= 4 is 16.8 Å². The lowest BCUT2D eigenvalue weighted by atomic mass is 10.1. The summed E-state index contributed by atoms with van der Waals surface area (Å²) in [6.45, 7) is 1.87. The Hall–Kier alpha value is -3.08. The fraction of sp³-hybridized carbons (Fsp3) is 0.158. The summed E-state index contributed by atoms with van der Waals surface area (Å²) >= 11 is 0. The summed E-state index contributed by atoms with van der Waals surface area (Å²) in [5, 5.41) is 13.7. The molecule has 0 bridgehead atoms. The highest BCUT2D eigenvalue weighted by molar-refractivity contribution is 5.88. The van der Waals surface area contributed by atoms with Gasteiger partial charge >= 0.3 is 0 Å². The van der Waals surface area contributed by atoms with Crippen molar-refractivity contribution in [2.45, 2.75) is 19.4 Å². The van der Waals surface area contributed by atoms with Crippen molar-refractivity contribution in [1.82, 2.24) is 10.3 Å². The first-order chi connectivity index (χ1) is 11.6. The number of aromatic nitrogens is 1. The van der Waals surface area contributed by atoms with E-state index in [0.717, 1.165) is 5.56 Å². The Morgan fingerprint density at radius 1 is 1.12 bits per heavy atom. The summed E-state index contributed by atoms with van der Waals surface area (Å²) in [5.74, 6) is -0.459. The molecule has 0 aliphatic carbocycles. The van der Waals surface area contributed by atoms with Crippen LogP contribution in [0.4, 0.5) is 0 Å². The van der Waals surface area contributed by atoms with Crippen LogP contribution in [0.15, 0.2) is 59.4 Å². The summed E-state index contributed by atoms with van der Waals surface area (Å²) in [6, 6.07) is 16.3. The van der Waals surface area contributed by atoms with E-state index >= 15 is 0 Å². The maximum atomic E-state index is 12.3. The van der Waals surface area contributed by atoms with Crippen molar-refractivity contribution in [1.29, 1.82) is 0 Å². The van der Waals surface area contributed by atoms with Gasteiger partial charge in [0.15, 0.2) is 0 Å². The number of H-pyrrole nitrogens is 1. The van der Waals surface area contributed by atoms with Gasteiger partial charge in [0.2, 0.25) is 5.91 Å². The van der Waals surface area contributed by atoms with Crippen LogP contribution in [0.2, 0.25) is 0 Å². The van der Waals surface area contributed by atoms with Gasteiger partial charge in [0, 0.05) is 5.39 Å². The number of amides is 1. The Kier molecular flexibility index (Phi) is 4.33. The fourth-order valence-electron chi connectivity index (χ4n) is 2.71. The van der Waals surface area contributed by atoms with Gasteiger partial charge in [-0.3, -0.25) is 9.59 Å². The minimum absolute atomic E-state index is 0.0754. The van der Waals surface area contributed by atoms with Gasteiger partial charge in [0.1, 0.15) is 5.75 Å². The molecule has 1 atom stereocenters. The summed E-state index contributed by atoms with van der Waals surface area (Å²) < 4.78 is 0. The smallest absolute Gasteiger partial charge is 0.255 e. The molecule has 3 N–H and O–H groups in total. The molecule has 5 nitrogen and oxygen atoms in total. The van der Waals surface area contributed by atoms with Crippen LogP contribution in [-0.2, 0) is 11.2 Å². The van der Waals surface area contributed by atoms with E-state index in [0.29, 0.717) is 10.9 Å². The van der Waals surface area contributed by atoms with Crippen LogP contribution in [0, 0.1) is 0 Å². The highest BCUT2D eigenvalue weighted by Crippen LogP contribution is 2.24. The van der Waals surface area contributed by atoms with Crippen LogP contribution in [-0.4, -0.2) is 16.0 Å². The van der Waals surface area contributed by atoms with Gasteiger partial charge in [-0.05, 0) is 24.6 Å². The van der Waals surface area contributed by atoms with Crippen LogP contribution in [0.5, 0.6) is 5.75 Å². The molecular formula is C19H18N2O3. The number of pyridine rings is 1.